The second kappa shape index (κ2) is 21.9. The van der Waals surface area contributed by atoms with Gasteiger partial charge in [-0.15, -0.1) is 0 Å². The Morgan fingerprint density at radius 3 is 1.73 bits per heavy atom. The first-order chi connectivity index (χ1) is 30.6. The van der Waals surface area contributed by atoms with Crippen molar-refractivity contribution in [2.45, 2.75) is 66.0 Å². The van der Waals surface area contributed by atoms with E-state index in [1.165, 1.54) is 23.3 Å². The first kappa shape index (κ1) is 45.1. The van der Waals surface area contributed by atoms with Crippen LogP contribution in [-0.4, -0.2) is 80.7 Å². The molecule has 0 radical (unpaired) electrons. The SMILES string of the molecule is Cc1cc(OC[C@H]2COCCO2)cc(=O)n1Cc1cccc(C#CCNCc2ccccc2CC(C)(C)C#Cc2cccc(Cn3c(C)cc(OC[C@H]4COCCO4)cc3=O)c2)c1. The molecule has 2 atom stereocenters. The Morgan fingerprint density at radius 1 is 0.667 bits per heavy atom. The number of rotatable bonds is 15. The smallest absolute Gasteiger partial charge is 0.254 e. The first-order valence-corrected chi connectivity index (χ1v) is 21.6. The highest BCUT2D eigenvalue weighted by Gasteiger charge is 2.19. The summed E-state index contributed by atoms with van der Waals surface area (Å²) >= 11 is 0. The molecule has 3 aromatic carbocycles. The van der Waals surface area contributed by atoms with Crippen molar-refractivity contribution in [1.29, 1.82) is 0 Å². The maximum Gasteiger partial charge on any atom is 0.254 e. The van der Waals surface area contributed by atoms with E-state index >= 15 is 0 Å². The second-order valence-electron chi connectivity index (χ2n) is 16.7. The van der Waals surface area contributed by atoms with E-state index in [2.05, 4.69) is 73.2 Å². The third-order valence-corrected chi connectivity index (χ3v) is 10.9. The first-order valence-electron chi connectivity index (χ1n) is 21.6. The number of pyridine rings is 2. The highest BCUT2D eigenvalue weighted by atomic mass is 16.6. The van der Waals surface area contributed by atoms with Crippen molar-refractivity contribution < 1.29 is 28.4 Å². The lowest BCUT2D eigenvalue weighted by atomic mass is 9.84. The molecule has 2 saturated heterocycles. The molecule has 7 rings (SSSR count). The Morgan fingerprint density at radius 2 is 1.21 bits per heavy atom. The normalized spacial score (nSPS) is 16.3. The van der Waals surface area contributed by atoms with Crippen LogP contribution < -0.4 is 25.9 Å². The fourth-order valence-corrected chi connectivity index (χ4v) is 7.54. The predicted octanol–water partition coefficient (Wildman–Crippen LogP) is 6.07. The topological polar surface area (TPSA) is 111 Å². The van der Waals surface area contributed by atoms with Crippen molar-refractivity contribution in [2.24, 2.45) is 5.41 Å². The average molecular weight is 852 g/mol. The fourth-order valence-electron chi connectivity index (χ4n) is 7.54. The molecular weight excluding hydrogens is 795 g/mol. The maximum atomic E-state index is 13.1. The Bertz CT molecular complexity index is 2580. The number of benzene rings is 3. The number of aromatic nitrogens is 2. The van der Waals surface area contributed by atoms with Gasteiger partial charge in [0.1, 0.15) is 36.9 Å². The van der Waals surface area contributed by atoms with Gasteiger partial charge in [0.15, 0.2) is 0 Å². The summed E-state index contributed by atoms with van der Waals surface area (Å²) in [6.45, 7) is 14.2. The molecule has 11 nitrogen and oxygen atoms in total. The summed E-state index contributed by atoms with van der Waals surface area (Å²) in [5.41, 5.74) is 7.31. The van der Waals surface area contributed by atoms with Crippen LogP contribution in [0.25, 0.3) is 0 Å². The van der Waals surface area contributed by atoms with Gasteiger partial charge in [-0.05, 0) is 92.8 Å². The van der Waals surface area contributed by atoms with Crippen molar-refractivity contribution in [3.63, 3.8) is 0 Å². The third kappa shape index (κ3) is 13.5. The molecule has 0 aliphatic carbocycles. The van der Waals surface area contributed by atoms with Crippen LogP contribution in [0.15, 0.2) is 107 Å². The van der Waals surface area contributed by atoms with E-state index in [-0.39, 0.29) is 28.7 Å². The molecule has 2 fully saturated rings. The van der Waals surface area contributed by atoms with Gasteiger partial charge in [0, 0.05) is 46.6 Å². The van der Waals surface area contributed by atoms with E-state index in [0.29, 0.717) is 90.5 Å². The summed E-state index contributed by atoms with van der Waals surface area (Å²) in [5.74, 6) is 14.5. The molecule has 11 heteroatoms. The van der Waals surface area contributed by atoms with E-state index in [1.807, 2.05) is 68.4 Å². The quantitative estimate of drug-likeness (QED) is 0.0992. The lowest BCUT2D eigenvalue weighted by molar-refractivity contribution is -0.101. The fraction of sp³-hybridized carbons (Fsp3) is 0.385. The van der Waals surface area contributed by atoms with Gasteiger partial charge < -0.3 is 42.9 Å². The van der Waals surface area contributed by atoms with Gasteiger partial charge in [0.2, 0.25) is 0 Å². The maximum absolute atomic E-state index is 13.1. The zero-order valence-electron chi connectivity index (χ0n) is 36.7. The zero-order chi connectivity index (χ0) is 44.0. The zero-order valence-corrected chi connectivity index (χ0v) is 36.7. The monoisotopic (exact) mass is 851 g/mol. The molecule has 328 valence electrons. The van der Waals surface area contributed by atoms with Crippen molar-refractivity contribution in [3.05, 3.63) is 163 Å². The molecule has 2 aliphatic rings. The largest absolute Gasteiger partial charge is 0.491 e. The number of hydrogen-bond donors (Lipinski definition) is 1. The van der Waals surface area contributed by atoms with Crippen molar-refractivity contribution in [3.8, 4) is 35.2 Å². The number of hydrogen-bond acceptors (Lipinski definition) is 9. The molecule has 2 aliphatic heterocycles. The molecule has 2 aromatic heterocycles. The number of ether oxygens (including phenoxy) is 6. The molecule has 4 heterocycles. The lowest BCUT2D eigenvalue weighted by Crippen LogP contribution is -2.33. The minimum atomic E-state index is -0.297. The van der Waals surface area contributed by atoms with E-state index < -0.39 is 0 Å². The lowest BCUT2D eigenvalue weighted by Gasteiger charge is -2.23. The summed E-state index contributed by atoms with van der Waals surface area (Å²) in [6.07, 6.45) is 0.511. The van der Waals surface area contributed by atoms with Crippen molar-refractivity contribution >= 4 is 0 Å². The number of aryl methyl sites for hydroxylation is 2. The number of nitrogens with zero attached hydrogens (tertiary/aromatic N) is 2. The molecule has 1 N–H and O–H groups in total. The standard InChI is InChI=1S/C52H57N3O8/c1-38-24-46(62-36-48-34-58-20-22-60-48)28-50(56)54(38)32-42-12-7-10-40(26-42)14-9-19-53-31-45-16-6-5-15-44(45)30-52(3,4)18-17-41-11-8-13-43(27-41)33-55-39(2)25-47(29-51(55)57)63-37-49-35-59-21-23-61-49/h5-8,10-13,15-16,24-29,48-49,53H,19-23,30-37H2,1-4H3/t48-,49-/m1/s1. The molecule has 0 amide bonds. The van der Waals surface area contributed by atoms with Crippen molar-refractivity contribution in [2.75, 3.05) is 59.4 Å². The molecule has 5 aromatic rings. The minimum absolute atomic E-state index is 0.123. The van der Waals surface area contributed by atoms with Crippen LogP contribution in [0.3, 0.4) is 0 Å². The summed E-state index contributed by atoms with van der Waals surface area (Å²) in [6, 6.07) is 31.3. The highest BCUT2D eigenvalue weighted by molar-refractivity contribution is 5.40. The predicted molar refractivity (Wildman–Crippen MR) is 243 cm³/mol. The van der Waals surface area contributed by atoms with Crippen LogP contribution in [-0.2, 0) is 45.0 Å². The van der Waals surface area contributed by atoms with Crippen molar-refractivity contribution in [1.82, 2.24) is 14.5 Å². The van der Waals surface area contributed by atoms with E-state index in [1.54, 1.807) is 9.13 Å². The molecule has 0 saturated carbocycles. The van der Waals surface area contributed by atoms with Crippen LogP contribution in [0.4, 0.5) is 0 Å². The number of nitrogens with one attached hydrogen (secondary N) is 1. The van der Waals surface area contributed by atoms with Gasteiger partial charge in [-0.2, -0.15) is 0 Å². The van der Waals surface area contributed by atoms with Gasteiger partial charge >= 0.3 is 0 Å². The molecule has 0 bridgehead atoms. The van der Waals surface area contributed by atoms with Crippen LogP contribution in [0.1, 0.15) is 58.6 Å². The van der Waals surface area contributed by atoms with Gasteiger partial charge in [-0.3, -0.25) is 9.59 Å². The van der Waals surface area contributed by atoms with Gasteiger partial charge in [0.05, 0.1) is 59.3 Å². The van der Waals surface area contributed by atoms with Gasteiger partial charge in [0.25, 0.3) is 11.1 Å². The molecule has 0 spiro atoms. The Labute approximate surface area is 370 Å². The summed E-state index contributed by atoms with van der Waals surface area (Å²) < 4.78 is 37.4. The Kier molecular flexibility index (Phi) is 15.7. The molecule has 0 unspecified atom stereocenters. The van der Waals surface area contributed by atoms with Crippen LogP contribution in [0.2, 0.25) is 0 Å². The summed E-state index contributed by atoms with van der Waals surface area (Å²) in [5, 5.41) is 3.50. The van der Waals surface area contributed by atoms with Gasteiger partial charge in [-0.25, -0.2) is 0 Å². The van der Waals surface area contributed by atoms with Crippen LogP contribution >= 0.6 is 0 Å². The Balaban J connectivity index is 0.902. The summed E-state index contributed by atoms with van der Waals surface area (Å²) in [7, 11) is 0. The average Bonchev–Trinajstić information content (AvgIpc) is 3.28. The minimum Gasteiger partial charge on any atom is -0.491 e. The molecule has 63 heavy (non-hydrogen) atoms. The van der Waals surface area contributed by atoms with E-state index in [0.717, 1.165) is 40.1 Å². The third-order valence-electron chi connectivity index (χ3n) is 10.9. The van der Waals surface area contributed by atoms with E-state index in [9.17, 15) is 9.59 Å². The molecular formula is C52H57N3O8. The summed E-state index contributed by atoms with van der Waals surface area (Å²) in [4.78, 5) is 26.2. The van der Waals surface area contributed by atoms with Crippen LogP contribution in [0, 0.1) is 42.9 Å². The second-order valence-corrected chi connectivity index (χ2v) is 16.7. The van der Waals surface area contributed by atoms with Gasteiger partial charge in [-0.1, -0.05) is 72.2 Å². The van der Waals surface area contributed by atoms with Crippen LogP contribution in [0.5, 0.6) is 11.5 Å². The van der Waals surface area contributed by atoms with E-state index in [4.69, 9.17) is 28.4 Å². The Hall–Kier alpha value is -5.92. The highest BCUT2D eigenvalue weighted by Crippen LogP contribution is 2.24.